The number of anilines is 1. The smallest absolute Gasteiger partial charge is 0.265 e. The van der Waals surface area contributed by atoms with Crippen LogP contribution in [0.1, 0.15) is 6.92 Å². The fourth-order valence-corrected chi connectivity index (χ4v) is 2.59. The van der Waals surface area contributed by atoms with Crippen LogP contribution in [0, 0.1) is 0 Å². The molecular formula is C18H14Cl2N2O2. The molecule has 1 unspecified atom stereocenters. The van der Waals surface area contributed by atoms with Crippen molar-refractivity contribution in [1.29, 1.82) is 0 Å². The Morgan fingerprint density at radius 2 is 1.88 bits per heavy atom. The monoisotopic (exact) mass is 360 g/mol. The molecule has 1 atom stereocenters. The maximum absolute atomic E-state index is 12.4. The number of para-hydroxylation sites is 1. The Bertz CT molecular complexity index is 894. The Kier molecular flexibility index (Phi) is 4.88. The first-order chi connectivity index (χ1) is 11.6. The van der Waals surface area contributed by atoms with E-state index in [-0.39, 0.29) is 10.9 Å². The number of pyridine rings is 1. The first-order valence-electron chi connectivity index (χ1n) is 7.31. The number of halogens is 2. The molecule has 1 aromatic heterocycles. The molecular weight excluding hydrogens is 347 g/mol. The highest BCUT2D eigenvalue weighted by atomic mass is 35.5. The van der Waals surface area contributed by atoms with Crippen LogP contribution in [-0.2, 0) is 4.79 Å². The lowest BCUT2D eigenvalue weighted by Crippen LogP contribution is -2.30. The van der Waals surface area contributed by atoms with Crippen molar-refractivity contribution in [3.8, 4) is 5.75 Å². The summed E-state index contributed by atoms with van der Waals surface area (Å²) in [6.45, 7) is 1.64. The van der Waals surface area contributed by atoms with Crippen LogP contribution in [0.4, 0.5) is 5.69 Å². The van der Waals surface area contributed by atoms with Crippen LogP contribution in [0.5, 0.6) is 5.75 Å². The number of amides is 1. The van der Waals surface area contributed by atoms with Crippen LogP contribution in [0.15, 0.2) is 54.7 Å². The molecule has 0 aliphatic carbocycles. The molecule has 122 valence electrons. The van der Waals surface area contributed by atoms with Crippen LogP contribution in [-0.4, -0.2) is 17.0 Å². The van der Waals surface area contributed by atoms with E-state index >= 15 is 0 Å². The maximum Gasteiger partial charge on any atom is 0.265 e. The van der Waals surface area contributed by atoms with Crippen LogP contribution >= 0.6 is 23.2 Å². The lowest BCUT2D eigenvalue weighted by Gasteiger charge is -2.16. The van der Waals surface area contributed by atoms with Crippen LogP contribution in [0.25, 0.3) is 10.9 Å². The summed E-state index contributed by atoms with van der Waals surface area (Å²) in [5.74, 6) is 0.0621. The molecule has 0 fully saturated rings. The minimum Gasteiger partial charge on any atom is -0.479 e. The highest BCUT2D eigenvalue weighted by Gasteiger charge is 2.18. The number of hydrogen-bond acceptors (Lipinski definition) is 3. The van der Waals surface area contributed by atoms with E-state index in [4.69, 9.17) is 27.9 Å². The number of fused-ring (bicyclic) bond motifs is 1. The lowest BCUT2D eigenvalue weighted by atomic mass is 10.2. The summed E-state index contributed by atoms with van der Waals surface area (Å²) in [5, 5.41) is 4.44. The van der Waals surface area contributed by atoms with Gasteiger partial charge in [-0.1, -0.05) is 47.5 Å². The molecule has 3 aromatic rings. The fourth-order valence-electron chi connectivity index (χ4n) is 2.26. The predicted octanol–water partition coefficient (Wildman–Crippen LogP) is 4.95. The van der Waals surface area contributed by atoms with E-state index in [1.54, 1.807) is 37.4 Å². The van der Waals surface area contributed by atoms with Crippen LogP contribution in [0.3, 0.4) is 0 Å². The van der Waals surface area contributed by atoms with Gasteiger partial charge in [-0.2, -0.15) is 0 Å². The number of hydrogen-bond donors (Lipinski definition) is 1. The zero-order valence-electron chi connectivity index (χ0n) is 12.8. The number of aromatic nitrogens is 1. The molecule has 1 amide bonds. The molecule has 4 nitrogen and oxygen atoms in total. The molecule has 0 aliphatic heterocycles. The van der Waals surface area contributed by atoms with Gasteiger partial charge in [0.25, 0.3) is 5.91 Å². The number of carbonyl (C=O) groups is 1. The number of benzene rings is 2. The number of carbonyl (C=O) groups excluding carboxylic acids is 1. The number of ether oxygens (including phenoxy) is 1. The summed E-state index contributed by atoms with van der Waals surface area (Å²) in [5.41, 5.74) is 1.35. The Morgan fingerprint density at radius 3 is 2.71 bits per heavy atom. The van der Waals surface area contributed by atoms with Gasteiger partial charge in [0.2, 0.25) is 0 Å². The van der Waals surface area contributed by atoms with Gasteiger partial charge in [-0.25, -0.2) is 0 Å². The van der Waals surface area contributed by atoms with Crippen molar-refractivity contribution in [2.45, 2.75) is 13.0 Å². The standard InChI is InChI=1S/C18H14Cl2N2O2/c1-11(24-15-9-3-7-13(19)16(15)20)18(23)22-14-8-2-5-12-6-4-10-21-17(12)14/h2-11H,1H3,(H,22,23). The molecule has 6 heteroatoms. The number of nitrogens with zero attached hydrogens (tertiary/aromatic N) is 1. The summed E-state index contributed by atoms with van der Waals surface area (Å²) in [6.07, 6.45) is 0.934. The topological polar surface area (TPSA) is 51.2 Å². The van der Waals surface area contributed by atoms with E-state index < -0.39 is 6.10 Å². The van der Waals surface area contributed by atoms with Gasteiger partial charge in [-0.3, -0.25) is 9.78 Å². The molecule has 1 N–H and O–H groups in total. The van der Waals surface area contributed by atoms with E-state index in [0.717, 1.165) is 10.9 Å². The van der Waals surface area contributed by atoms with Crippen LogP contribution in [0.2, 0.25) is 10.0 Å². The normalized spacial score (nSPS) is 12.0. The van der Waals surface area contributed by atoms with E-state index in [1.807, 2.05) is 24.3 Å². The Morgan fingerprint density at radius 1 is 1.12 bits per heavy atom. The summed E-state index contributed by atoms with van der Waals surface area (Å²) < 4.78 is 5.62. The minimum absolute atomic E-state index is 0.283. The van der Waals surface area contributed by atoms with Gasteiger partial charge in [0.15, 0.2) is 6.10 Å². The van der Waals surface area contributed by atoms with Crippen molar-refractivity contribution in [1.82, 2.24) is 4.98 Å². The molecule has 0 aliphatic rings. The largest absolute Gasteiger partial charge is 0.479 e. The van der Waals surface area contributed by atoms with Crippen molar-refractivity contribution in [2.24, 2.45) is 0 Å². The van der Waals surface area contributed by atoms with Gasteiger partial charge < -0.3 is 10.1 Å². The molecule has 1 heterocycles. The Labute approximate surface area is 149 Å². The molecule has 3 rings (SSSR count). The lowest BCUT2D eigenvalue weighted by molar-refractivity contribution is -0.122. The predicted molar refractivity (Wildman–Crippen MR) is 96.9 cm³/mol. The Balaban J connectivity index is 1.77. The second kappa shape index (κ2) is 7.07. The third-order valence-corrected chi connectivity index (χ3v) is 4.28. The molecule has 2 aromatic carbocycles. The van der Waals surface area contributed by atoms with Gasteiger partial charge in [0.05, 0.1) is 16.2 Å². The van der Waals surface area contributed by atoms with Gasteiger partial charge in [0, 0.05) is 11.6 Å². The first-order valence-corrected chi connectivity index (χ1v) is 8.07. The van der Waals surface area contributed by atoms with E-state index in [2.05, 4.69) is 10.3 Å². The van der Waals surface area contributed by atoms with Gasteiger partial charge in [-0.15, -0.1) is 0 Å². The third kappa shape index (κ3) is 3.45. The average molecular weight is 361 g/mol. The van der Waals surface area contributed by atoms with Crippen molar-refractivity contribution < 1.29 is 9.53 Å². The average Bonchev–Trinajstić information content (AvgIpc) is 2.59. The zero-order valence-corrected chi connectivity index (χ0v) is 14.3. The Hall–Kier alpha value is -2.30. The third-order valence-electron chi connectivity index (χ3n) is 3.48. The maximum atomic E-state index is 12.4. The van der Waals surface area contributed by atoms with Gasteiger partial charge >= 0.3 is 0 Å². The highest BCUT2D eigenvalue weighted by molar-refractivity contribution is 6.42. The SMILES string of the molecule is CC(Oc1cccc(Cl)c1Cl)C(=O)Nc1cccc2cccnc12. The first kappa shape index (κ1) is 16.6. The molecule has 0 saturated heterocycles. The molecule has 24 heavy (non-hydrogen) atoms. The molecule has 0 saturated carbocycles. The zero-order chi connectivity index (χ0) is 17.1. The minimum atomic E-state index is -0.750. The quantitative estimate of drug-likeness (QED) is 0.716. The second-order valence-electron chi connectivity index (χ2n) is 5.18. The summed E-state index contributed by atoms with van der Waals surface area (Å²) in [4.78, 5) is 16.7. The van der Waals surface area contributed by atoms with Crippen molar-refractivity contribution in [3.05, 3.63) is 64.8 Å². The second-order valence-corrected chi connectivity index (χ2v) is 5.97. The summed E-state index contributed by atoms with van der Waals surface area (Å²) in [6, 6.07) is 14.4. The number of rotatable bonds is 4. The molecule has 0 bridgehead atoms. The summed E-state index contributed by atoms with van der Waals surface area (Å²) in [7, 11) is 0. The van der Waals surface area contributed by atoms with E-state index in [0.29, 0.717) is 16.5 Å². The van der Waals surface area contributed by atoms with E-state index in [1.165, 1.54) is 0 Å². The van der Waals surface area contributed by atoms with Crippen molar-refractivity contribution in [3.63, 3.8) is 0 Å². The van der Waals surface area contributed by atoms with Gasteiger partial charge in [-0.05, 0) is 31.2 Å². The summed E-state index contributed by atoms with van der Waals surface area (Å²) >= 11 is 12.0. The van der Waals surface area contributed by atoms with Crippen LogP contribution < -0.4 is 10.1 Å². The number of nitrogens with one attached hydrogen (secondary N) is 1. The molecule has 0 radical (unpaired) electrons. The highest BCUT2D eigenvalue weighted by Crippen LogP contribution is 2.32. The van der Waals surface area contributed by atoms with E-state index in [9.17, 15) is 4.79 Å². The van der Waals surface area contributed by atoms with Crippen molar-refractivity contribution in [2.75, 3.05) is 5.32 Å². The fraction of sp³-hybridized carbons (Fsp3) is 0.111. The molecule has 0 spiro atoms. The van der Waals surface area contributed by atoms with Crippen molar-refractivity contribution >= 4 is 45.7 Å². The van der Waals surface area contributed by atoms with Gasteiger partial charge in [0.1, 0.15) is 10.8 Å².